The van der Waals surface area contributed by atoms with Crippen LogP contribution in [-0.2, 0) is 19.3 Å². The van der Waals surface area contributed by atoms with Crippen LogP contribution in [0.25, 0.3) is 0 Å². The lowest BCUT2D eigenvalue weighted by atomic mass is 10.1. The Kier molecular flexibility index (Phi) is 5.62. The Hall–Kier alpha value is -0.170. The van der Waals surface area contributed by atoms with Gasteiger partial charge in [-0.15, -0.1) is 0 Å². The fourth-order valence-corrected chi connectivity index (χ4v) is 5.17. The van der Waals surface area contributed by atoms with Crippen molar-refractivity contribution in [3.8, 4) is 0 Å². The second kappa shape index (κ2) is 7.02. The van der Waals surface area contributed by atoms with Crippen molar-refractivity contribution in [2.24, 2.45) is 0 Å². The average molecular weight is 291 g/mol. The molecule has 0 radical (unpaired) electrons. The van der Waals surface area contributed by atoms with Crippen LogP contribution in [0.4, 0.5) is 0 Å². The summed E-state index contributed by atoms with van der Waals surface area (Å²) in [7, 11) is -3.13. The van der Waals surface area contributed by atoms with Crippen LogP contribution >= 0.6 is 0 Å². The molecule has 2 atom stereocenters. The average Bonchev–Trinajstić information content (AvgIpc) is 2.46. The quantitative estimate of drug-likeness (QED) is 0.809. The molecule has 0 aromatic rings. The van der Waals surface area contributed by atoms with Crippen molar-refractivity contribution < 1.29 is 17.9 Å². The summed E-state index contributed by atoms with van der Waals surface area (Å²) in [5, 5.41) is 2.73. The van der Waals surface area contributed by atoms with Gasteiger partial charge in [0.25, 0.3) is 0 Å². The van der Waals surface area contributed by atoms with Gasteiger partial charge in [0.2, 0.25) is 0 Å². The van der Waals surface area contributed by atoms with E-state index in [0.717, 1.165) is 19.4 Å². The van der Waals surface area contributed by atoms with E-state index in [1.807, 2.05) is 0 Å². The zero-order valence-corrected chi connectivity index (χ0v) is 12.5. The van der Waals surface area contributed by atoms with Crippen LogP contribution in [0.2, 0.25) is 0 Å². The van der Waals surface area contributed by atoms with E-state index in [-0.39, 0.29) is 11.3 Å². The molecule has 0 bridgehead atoms. The summed E-state index contributed by atoms with van der Waals surface area (Å²) >= 11 is 0. The second-order valence-corrected chi connectivity index (χ2v) is 7.81. The van der Waals surface area contributed by atoms with Crippen LogP contribution in [0.3, 0.4) is 0 Å². The van der Waals surface area contributed by atoms with Crippen molar-refractivity contribution >= 4 is 9.84 Å². The lowest BCUT2D eigenvalue weighted by Crippen LogP contribution is -2.53. The zero-order chi connectivity index (χ0) is 13.7. The molecule has 2 fully saturated rings. The van der Waals surface area contributed by atoms with E-state index >= 15 is 0 Å². The third-order valence-corrected chi connectivity index (χ3v) is 6.72. The Bertz CT molecular complexity index is 365. The summed E-state index contributed by atoms with van der Waals surface area (Å²) in [6.45, 7) is 5.07. The summed E-state index contributed by atoms with van der Waals surface area (Å²) < 4.78 is 36.2. The number of sulfone groups is 1. The maximum atomic E-state index is 12.7. The molecular weight excluding hydrogens is 266 g/mol. The van der Waals surface area contributed by atoms with E-state index in [9.17, 15) is 8.42 Å². The molecule has 0 aromatic heterocycles. The first-order chi connectivity index (χ1) is 9.16. The van der Waals surface area contributed by atoms with Crippen molar-refractivity contribution in [3.63, 3.8) is 0 Å². The maximum absolute atomic E-state index is 12.7. The smallest absolute Gasteiger partial charge is 0.159 e. The Morgan fingerprint density at radius 2 is 1.79 bits per heavy atom. The number of hydrogen-bond donors (Lipinski definition) is 1. The summed E-state index contributed by atoms with van der Waals surface area (Å²) in [5.74, 6) is 0. The first-order valence-electron chi connectivity index (χ1n) is 7.28. The minimum absolute atomic E-state index is 0.0431. The first kappa shape index (κ1) is 15.2. The minimum atomic E-state index is -3.13. The SMILES string of the molecule is CCCNC1CCOCC1S(=O)(=O)C1CCOCC1. The van der Waals surface area contributed by atoms with Crippen LogP contribution in [0.1, 0.15) is 32.6 Å². The van der Waals surface area contributed by atoms with E-state index < -0.39 is 15.1 Å². The van der Waals surface area contributed by atoms with Gasteiger partial charge >= 0.3 is 0 Å². The van der Waals surface area contributed by atoms with Crippen LogP contribution in [0.15, 0.2) is 0 Å². The van der Waals surface area contributed by atoms with Gasteiger partial charge < -0.3 is 14.8 Å². The largest absolute Gasteiger partial charge is 0.381 e. The molecule has 1 N–H and O–H groups in total. The molecule has 2 rings (SSSR count). The normalized spacial score (nSPS) is 30.4. The maximum Gasteiger partial charge on any atom is 0.159 e. The van der Waals surface area contributed by atoms with E-state index in [0.29, 0.717) is 39.3 Å². The second-order valence-electron chi connectivity index (χ2n) is 5.36. The topological polar surface area (TPSA) is 64.6 Å². The molecule has 2 unspecified atom stereocenters. The fraction of sp³-hybridized carbons (Fsp3) is 1.00. The van der Waals surface area contributed by atoms with Gasteiger partial charge in [-0.05, 0) is 32.2 Å². The standard InChI is InChI=1S/C13H25NO4S/c1-2-6-14-12-5-9-18-10-13(12)19(15,16)11-3-7-17-8-4-11/h11-14H,2-10H2,1H3. The molecule has 5 nitrogen and oxygen atoms in total. The highest BCUT2D eigenvalue weighted by molar-refractivity contribution is 7.92. The molecule has 0 aromatic carbocycles. The van der Waals surface area contributed by atoms with Crippen LogP contribution in [0, 0.1) is 0 Å². The number of rotatable bonds is 5. The third-order valence-electron chi connectivity index (χ3n) is 4.02. The number of nitrogens with one attached hydrogen (secondary N) is 1. The van der Waals surface area contributed by atoms with Gasteiger partial charge in [0.05, 0.1) is 11.9 Å². The first-order valence-corrected chi connectivity index (χ1v) is 8.88. The van der Waals surface area contributed by atoms with Gasteiger partial charge in [-0.3, -0.25) is 0 Å². The Balaban J connectivity index is 2.06. The summed E-state index contributed by atoms with van der Waals surface area (Å²) in [6.07, 6.45) is 3.05. The lowest BCUT2D eigenvalue weighted by molar-refractivity contribution is 0.0776. The summed E-state index contributed by atoms with van der Waals surface area (Å²) in [5.41, 5.74) is 0. The molecule has 0 amide bonds. The zero-order valence-electron chi connectivity index (χ0n) is 11.6. The van der Waals surface area contributed by atoms with Crippen molar-refractivity contribution in [1.29, 1.82) is 0 Å². The Labute approximate surface area is 116 Å². The molecule has 19 heavy (non-hydrogen) atoms. The number of hydrogen-bond acceptors (Lipinski definition) is 5. The van der Waals surface area contributed by atoms with Gasteiger partial charge in [0.1, 0.15) is 5.25 Å². The highest BCUT2D eigenvalue weighted by Gasteiger charge is 2.41. The molecule has 0 aliphatic carbocycles. The predicted octanol–water partition coefficient (Wildman–Crippen LogP) is 0.737. The molecule has 2 saturated heterocycles. The molecule has 2 heterocycles. The minimum Gasteiger partial charge on any atom is -0.381 e. The monoisotopic (exact) mass is 291 g/mol. The summed E-state index contributed by atoms with van der Waals surface area (Å²) in [4.78, 5) is 0. The molecule has 0 saturated carbocycles. The van der Waals surface area contributed by atoms with Gasteiger partial charge in [0.15, 0.2) is 9.84 Å². The molecule has 2 aliphatic rings. The van der Waals surface area contributed by atoms with Gasteiger partial charge in [-0.2, -0.15) is 0 Å². The van der Waals surface area contributed by atoms with Crippen molar-refractivity contribution in [2.75, 3.05) is 33.0 Å². The van der Waals surface area contributed by atoms with Gasteiger partial charge in [0, 0.05) is 25.9 Å². The van der Waals surface area contributed by atoms with Crippen LogP contribution in [0.5, 0.6) is 0 Å². The van der Waals surface area contributed by atoms with E-state index in [1.165, 1.54) is 0 Å². The highest BCUT2D eigenvalue weighted by atomic mass is 32.2. The van der Waals surface area contributed by atoms with Crippen LogP contribution < -0.4 is 5.32 Å². The van der Waals surface area contributed by atoms with E-state index in [2.05, 4.69) is 12.2 Å². The number of ether oxygens (including phenoxy) is 2. The van der Waals surface area contributed by atoms with Crippen molar-refractivity contribution in [3.05, 3.63) is 0 Å². The highest BCUT2D eigenvalue weighted by Crippen LogP contribution is 2.25. The molecular formula is C13H25NO4S. The molecule has 2 aliphatic heterocycles. The van der Waals surface area contributed by atoms with E-state index in [1.54, 1.807) is 0 Å². The van der Waals surface area contributed by atoms with Gasteiger partial charge in [-0.25, -0.2) is 8.42 Å². The van der Waals surface area contributed by atoms with Crippen molar-refractivity contribution in [2.45, 2.75) is 49.1 Å². The third kappa shape index (κ3) is 3.68. The van der Waals surface area contributed by atoms with Crippen molar-refractivity contribution in [1.82, 2.24) is 5.32 Å². The Morgan fingerprint density at radius 3 is 2.47 bits per heavy atom. The van der Waals surface area contributed by atoms with Crippen LogP contribution in [-0.4, -0.2) is 57.9 Å². The lowest BCUT2D eigenvalue weighted by Gasteiger charge is -2.35. The predicted molar refractivity (Wildman–Crippen MR) is 74.1 cm³/mol. The molecule has 6 heteroatoms. The van der Waals surface area contributed by atoms with Gasteiger partial charge in [-0.1, -0.05) is 6.92 Å². The molecule has 0 spiro atoms. The fourth-order valence-electron chi connectivity index (χ4n) is 2.85. The van der Waals surface area contributed by atoms with E-state index in [4.69, 9.17) is 9.47 Å². The molecule has 112 valence electrons. The Morgan fingerprint density at radius 1 is 1.11 bits per heavy atom. The summed E-state index contributed by atoms with van der Waals surface area (Å²) in [6, 6.07) is 0.0431.